The molecule has 0 aromatic heterocycles. The Hall–Kier alpha value is -1.10. The summed E-state index contributed by atoms with van der Waals surface area (Å²) in [7, 11) is 0. The van der Waals surface area contributed by atoms with E-state index in [4.69, 9.17) is 10.2 Å². The summed E-state index contributed by atoms with van der Waals surface area (Å²) in [5.74, 6) is -1.22. The summed E-state index contributed by atoms with van der Waals surface area (Å²) in [5, 5.41) is 19.8. The van der Waals surface area contributed by atoms with Crippen LogP contribution in [0.2, 0.25) is 0 Å². The number of aliphatic carboxylic acids is 1. The van der Waals surface area contributed by atoms with Crippen LogP contribution in [0.25, 0.3) is 0 Å². The van der Waals surface area contributed by atoms with Crippen molar-refractivity contribution in [2.24, 2.45) is 0 Å². The second kappa shape index (κ2) is 4.23. The molecule has 3 N–H and O–H groups in total. The molecule has 1 fully saturated rings. The van der Waals surface area contributed by atoms with Gasteiger partial charge in [0.2, 0.25) is 5.91 Å². The van der Waals surface area contributed by atoms with Crippen molar-refractivity contribution < 1.29 is 19.8 Å². The van der Waals surface area contributed by atoms with E-state index in [0.29, 0.717) is 12.8 Å². The summed E-state index contributed by atoms with van der Waals surface area (Å²) in [6, 6.07) is 0.0382. The van der Waals surface area contributed by atoms with E-state index >= 15 is 0 Å². The van der Waals surface area contributed by atoms with Crippen LogP contribution in [-0.2, 0) is 9.59 Å². The van der Waals surface area contributed by atoms with Gasteiger partial charge in [0.1, 0.15) is 0 Å². The predicted molar refractivity (Wildman–Crippen MR) is 44.0 cm³/mol. The van der Waals surface area contributed by atoms with Gasteiger partial charge < -0.3 is 15.5 Å². The number of carboxylic acid groups (broad SMARTS) is 1. The minimum atomic E-state index is -0.969. The topological polar surface area (TPSA) is 86.6 Å². The number of nitrogens with one attached hydrogen (secondary N) is 1. The maximum Gasteiger partial charge on any atom is 0.303 e. The molecule has 0 saturated heterocycles. The highest BCUT2D eigenvalue weighted by Gasteiger charge is 2.28. The number of rotatable bonds is 4. The van der Waals surface area contributed by atoms with Crippen molar-refractivity contribution in [1.82, 2.24) is 5.32 Å². The first-order valence-electron chi connectivity index (χ1n) is 4.27. The molecule has 0 heterocycles. The smallest absolute Gasteiger partial charge is 0.303 e. The summed E-state index contributed by atoms with van der Waals surface area (Å²) in [6.45, 7) is 0. The monoisotopic (exact) mass is 187 g/mol. The van der Waals surface area contributed by atoms with Gasteiger partial charge in [0, 0.05) is 12.5 Å². The largest absolute Gasteiger partial charge is 0.481 e. The van der Waals surface area contributed by atoms with Gasteiger partial charge in [-0.1, -0.05) is 0 Å². The van der Waals surface area contributed by atoms with Crippen LogP contribution in [0, 0.1) is 0 Å². The van der Waals surface area contributed by atoms with Crippen molar-refractivity contribution in [2.45, 2.75) is 37.8 Å². The van der Waals surface area contributed by atoms with Gasteiger partial charge in [0.05, 0.1) is 12.5 Å². The van der Waals surface area contributed by atoms with Gasteiger partial charge in [-0.15, -0.1) is 0 Å². The molecule has 0 aromatic carbocycles. The Morgan fingerprint density at radius 1 is 1.31 bits per heavy atom. The van der Waals surface area contributed by atoms with Crippen molar-refractivity contribution in [3.8, 4) is 0 Å². The molecule has 0 atom stereocenters. The highest BCUT2D eigenvalue weighted by atomic mass is 16.4. The van der Waals surface area contributed by atoms with Crippen molar-refractivity contribution in [1.29, 1.82) is 0 Å². The van der Waals surface area contributed by atoms with E-state index in [9.17, 15) is 9.59 Å². The number of aliphatic hydroxyl groups is 1. The predicted octanol–water partition coefficient (Wildman–Crippen LogP) is -0.509. The van der Waals surface area contributed by atoms with Crippen LogP contribution < -0.4 is 5.32 Å². The van der Waals surface area contributed by atoms with Gasteiger partial charge >= 0.3 is 5.97 Å². The number of hydrogen-bond donors (Lipinski definition) is 3. The molecule has 1 aliphatic carbocycles. The van der Waals surface area contributed by atoms with Crippen LogP contribution in [0.1, 0.15) is 25.7 Å². The van der Waals surface area contributed by atoms with Crippen LogP contribution in [0.4, 0.5) is 0 Å². The lowest BCUT2D eigenvalue weighted by Gasteiger charge is -2.31. The summed E-state index contributed by atoms with van der Waals surface area (Å²) in [6.07, 6.45) is 0.741. The van der Waals surface area contributed by atoms with E-state index in [-0.39, 0.29) is 30.9 Å². The number of carboxylic acids is 1. The van der Waals surface area contributed by atoms with Crippen molar-refractivity contribution in [3.63, 3.8) is 0 Å². The average molecular weight is 187 g/mol. The van der Waals surface area contributed by atoms with Crippen LogP contribution in [0.5, 0.6) is 0 Å². The second-order valence-electron chi connectivity index (χ2n) is 3.28. The zero-order chi connectivity index (χ0) is 9.84. The molecule has 5 nitrogen and oxygen atoms in total. The third-order valence-corrected chi connectivity index (χ3v) is 2.04. The molecule has 0 unspecified atom stereocenters. The van der Waals surface area contributed by atoms with E-state index in [1.54, 1.807) is 0 Å². The number of hydrogen-bond acceptors (Lipinski definition) is 3. The van der Waals surface area contributed by atoms with E-state index in [1.165, 1.54) is 0 Å². The first-order valence-corrected chi connectivity index (χ1v) is 4.27. The summed E-state index contributed by atoms with van der Waals surface area (Å²) in [5.41, 5.74) is 0. The molecule has 1 amide bonds. The van der Waals surface area contributed by atoms with Gasteiger partial charge in [-0.25, -0.2) is 0 Å². The zero-order valence-electron chi connectivity index (χ0n) is 7.19. The van der Waals surface area contributed by atoms with E-state index in [1.807, 2.05) is 0 Å². The standard InChI is InChI=1S/C8H13NO4/c10-6-3-5(4-6)9-7(11)1-2-8(12)13/h5-6,10H,1-4H2,(H,9,11)(H,12,13). The zero-order valence-corrected chi connectivity index (χ0v) is 7.19. The number of carbonyl (C=O) groups is 2. The van der Waals surface area contributed by atoms with Crippen LogP contribution in [0.3, 0.4) is 0 Å². The third kappa shape index (κ3) is 3.42. The van der Waals surface area contributed by atoms with E-state index in [2.05, 4.69) is 5.32 Å². The Balaban J connectivity index is 2.08. The highest BCUT2D eigenvalue weighted by Crippen LogP contribution is 2.19. The quantitative estimate of drug-likeness (QED) is 0.553. The number of aliphatic hydroxyl groups excluding tert-OH is 1. The lowest BCUT2D eigenvalue weighted by atomic mass is 9.89. The van der Waals surface area contributed by atoms with Crippen molar-refractivity contribution in [3.05, 3.63) is 0 Å². The summed E-state index contributed by atoms with van der Waals surface area (Å²) < 4.78 is 0. The number of amides is 1. The Morgan fingerprint density at radius 2 is 1.92 bits per heavy atom. The van der Waals surface area contributed by atoms with Gasteiger partial charge in [-0.3, -0.25) is 9.59 Å². The third-order valence-electron chi connectivity index (χ3n) is 2.04. The SMILES string of the molecule is O=C(O)CCC(=O)NC1CC(O)C1. The Bertz CT molecular complexity index is 210. The maximum atomic E-state index is 11.0. The fourth-order valence-corrected chi connectivity index (χ4v) is 1.23. The molecule has 74 valence electrons. The van der Waals surface area contributed by atoms with Crippen LogP contribution in [0.15, 0.2) is 0 Å². The van der Waals surface area contributed by atoms with E-state index < -0.39 is 5.97 Å². The maximum absolute atomic E-state index is 11.0. The minimum Gasteiger partial charge on any atom is -0.481 e. The van der Waals surface area contributed by atoms with Gasteiger partial charge in [0.25, 0.3) is 0 Å². The number of carbonyl (C=O) groups excluding carboxylic acids is 1. The van der Waals surface area contributed by atoms with Crippen LogP contribution >= 0.6 is 0 Å². The first-order chi connectivity index (χ1) is 6.08. The molecule has 1 aliphatic rings. The lowest BCUT2D eigenvalue weighted by Crippen LogP contribution is -2.46. The molecule has 0 aliphatic heterocycles. The van der Waals surface area contributed by atoms with Gasteiger partial charge in [-0.05, 0) is 12.8 Å². The van der Waals surface area contributed by atoms with Crippen molar-refractivity contribution in [2.75, 3.05) is 0 Å². The fraction of sp³-hybridized carbons (Fsp3) is 0.750. The van der Waals surface area contributed by atoms with E-state index in [0.717, 1.165) is 0 Å². The second-order valence-corrected chi connectivity index (χ2v) is 3.28. The normalized spacial score (nSPS) is 26.2. The molecule has 0 radical (unpaired) electrons. The summed E-state index contributed by atoms with van der Waals surface area (Å²) >= 11 is 0. The molecule has 0 spiro atoms. The average Bonchev–Trinajstić information content (AvgIpc) is 1.98. The molecular weight excluding hydrogens is 174 g/mol. The molecule has 13 heavy (non-hydrogen) atoms. The minimum absolute atomic E-state index is 0.0158. The Morgan fingerprint density at radius 3 is 2.38 bits per heavy atom. The van der Waals surface area contributed by atoms with Crippen molar-refractivity contribution >= 4 is 11.9 Å². The first kappa shape index (κ1) is 9.98. The molecular formula is C8H13NO4. The summed E-state index contributed by atoms with van der Waals surface area (Å²) in [4.78, 5) is 21.1. The molecule has 1 rings (SSSR count). The molecule has 5 heteroatoms. The molecule has 0 aromatic rings. The Labute approximate surface area is 75.7 Å². The Kier molecular flexibility index (Phi) is 3.25. The highest BCUT2D eigenvalue weighted by molar-refractivity contribution is 5.80. The van der Waals surface area contributed by atoms with Crippen LogP contribution in [-0.4, -0.2) is 34.2 Å². The lowest BCUT2D eigenvalue weighted by molar-refractivity contribution is -0.139. The molecule has 1 saturated carbocycles. The van der Waals surface area contributed by atoms with Gasteiger partial charge in [-0.2, -0.15) is 0 Å². The molecule has 0 bridgehead atoms. The van der Waals surface area contributed by atoms with Gasteiger partial charge in [0.15, 0.2) is 0 Å². The fourth-order valence-electron chi connectivity index (χ4n) is 1.23.